The number of carbonyl (C=O) groups excluding carboxylic acids is 1. The van der Waals surface area contributed by atoms with E-state index in [1.54, 1.807) is 20.1 Å². The van der Waals surface area contributed by atoms with Gasteiger partial charge in [0.25, 0.3) is 5.91 Å². The number of aromatic nitrogens is 2. The van der Waals surface area contributed by atoms with Gasteiger partial charge in [0, 0.05) is 18.3 Å². The van der Waals surface area contributed by atoms with Crippen LogP contribution in [0.25, 0.3) is 0 Å². The summed E-state index contributed by atoms with van der Waals surface area (Å²) in [6, 6.07) is 15.7. The molecule has 2 aromatic carbocycles. The Bertz CT molecular complexity index is 980. The molecule has 1 heterocycles. The van der Waals surface area contributed by atoms with Crippen molar-refractivity contribution in [1.82, 2.24) is 15.3 Å². The van der Waals surface area contributed by atoms with Crippen LogP contribution in [0, 0.1) is 20.8 Å². The number of nitrogens with zero attached hydrogens (tertiary/aromatic N) is 2. The van der Waals surface area contributed by atoms with Crippen molar-refractivity contribution in [2.75, 3.05) is 19.0 Å². The van der Waals surface area contributed by atoms with Crippen molar-refractivity contribution < 1.29 is 9.53 Å². The van der Waals surface area contributed by atoms with Gasteiger partial charge in [0.2, 0.25) is 0 Å². The fourth-order valence-corrected chi connectivity index (χ4v) is 3.15. The highest BCUT2D eigenvalue weighted by Crippen LogP contribution is 2.19. The van der Waals surface area contributed by atoms with Crippen molar-refractivity contribution in [3.8, 4) is 5.75 Å². The molecule has 0 radical (unpaired) electrons. The lowest BCUT2D eigenvalue weighted by Crippen LogP contribution is -2.27. The first-order valence-electron chi connectivity index (χ1n) is 9.55. The summed E-state index contributed by atoms with van der Waals surface area (Å²) >= 11 is 0. The topological polar surface area (TPSA) is 76.1 Å². The van der Waals surface area contributed by atoms with Crippen LogP contribution in [0.15, 0.2) is 48.5 Å². The molecule has 0 spiro atoms. The van der Waals surface area contributed by atoms with E-state index in [1.165, 1.54) is 0 Å². The van der Waals surface area contributed by atoms with Crippen molar-refractivity contribution in [3.05, 3.63) is 76.7 Å². The van der Waals surface area contributed by atoms with E-state index in [2.05, 4.69) is 26.7 Å². The molecule has 3 aromatic rings. The molecule has 1 aromatic heterocycles. The van der Waals surface area contributed by atoms with E-state index in [0.29, 0.717) is 23.9 Å². The van der Waals surface area contributed by atoms with Crippen LogP contribution in [-0.4, -0.2) is 29.5 Å². The van der Waals surface area contributed by atoms with Crippen molar-refractivity contribution in [3.63, 3.8) is 0 Å². The lowest BCUT2D eigenvalue weighted by molar-refractivity contribution is 0.0949. The predicted octanol–water partition coefficient (Wildman–Crippen LogP) is 4.13. The second-order valence-electron chi connectivity index (χ2n) is 7.04. The molecule has 0 unspecified atom stereocenters. The van der Waals surface area contributed by atoms with Crippen LogP contribution in [0.2, 0.25) is 0 Å². The first-order valence-corrected chi connectivity index (χ1v) is 9.55. The van der Waals surface area contributed by atoms with Crippen LogP contribution in [-0.2, 0) is 6.42 Å². The Balaban J connectivity index is 1.64. The van der Waals surface area contributed by atoms with E-state index in [1.807, 2.05) is 50.2 Å². The standard InChI is InChI=1S/C23H26N4O2/c1-15-11-16(2)13-19(12-15)27-22-14-21(25-17(3)26-22)23(28)24-10-9-18-5-7-20(29-4)8-6-18/h5-8,11-14H,9-10H2,1-4H3,(H,24,28)(H,25,26,27). The van der Waals surface area contributed by atoms with Crippen LogP contribution in [0.4, 0.5) is 11.5 Å². The van der Waals surface area contributed by atoms with Gasteiger partial charge in [-0.2, -0.15) is 0 Å². The van der Waals surface area contributed by atoms with Gasteiger partial charge in [-0.25, -0.2) is 9.97 Å². The number of anilines is 2. The minimum Gasteiger partial charge on any atom is -0.497 e. The summed E-state index contributed by atoms with van der Waals surface area (Å²) in [5, 5.41) is 6.20. The number of methoxy groups -OCH3 is 1. The lowest BCUT2D eigenvalue weighted by Gasteiger charge is -2.11. The van der Waals surface area contributed by atoms with Crippen molar-refractivity contribution in [1.29, 1.82) is 0 Å². The summed E-state index contributed by atoms with van der Waals surface area (Å²) in [5.41, 5.74) is 4.73. The molecule has 0 fully saturated rings. The van der Waals surface area contributed by atoms with Gasteiger partial charge < -0.3 is 15.4 Å². The molecule has 0 aliphatic carbocycles. The first kappa shape index (κ1) is 20.3. The Morgan fingerprint density at radius 3 is 2.31 bits per heavy atom. The number of benzene rings is 2. The SMILES string of the molecule is COc1ccc(CCNC(=O)c2cc(Nc3cc(C)cc(C)c3)nc(C)n2)cc1. The molecule has 29 heavy (non-hydrogen) atoms. The molecule has 6 heteroatoms. The third-order valence-corrected chi connectivity index (χ3v) is 4.42. The number of aryl methyl sites for hydroxylation is 3. The average Bonchev–Trinajstić information content (AvgIpc) is 2.67. The average molecular weight is 390 g/mol. The summed E-state index contributed by atoms with van der Waals surface area (Å²) in [4.78, 5) is 21.2. The van der Waals surface area contributed by atoms with Gasteiger partial charge in [-0.1, -0.05) is 18.2 Å². The van der Waals surface area contributed by atoms with Gasteiger partial charge >= 0.3 is 0 Å². The van der Waals surface area contributed by atoms with Gasteiger partial charge in [-0.3, -0.25) is 4.79 Å². The maximum absolute atomic E-state index is 12.6. The Morgan fingerprint density at radius 1 is 0.966 bits per heavy atom. The minimum atomic E-state index is -0.215. The molecule has 150 valence electrons. The van der Waals surface area contributed by atoms with E-state index in [0.717, 1.165) is 34.5 Å². The summed E-state index contributed by atoms with van der Waals surface area (Å²) in [7, 11) is 1.64. The fraction of sp³-hybridized carbons (Fsp3) is 0.261. The molecule has 0 aliphatic rings. The molecule has 1 amide bonds. The highest BCUT2D eigenvalue weighted by molar-refractivity contribution is 5.93. The van der Waals surface area contributed by atoms with Crippen molar-refractivity contribution in [2.45, 2.75) is 27.2 Å². The second kappa shape index (κ2) is 9.19. The zero-order valence-corrected chi connectivity index (χ0v) is 17.2. The monoisotopic (exact) mass is 390 g/mol. The summed E-state index contributed by atoms with van der Waals surface area (Å²) < 4.78 is 5.16. The second-order valence-corrected chi connectivity index (χ2v) is 7.04. The van der Waals surface area contributed by atoms with E-state index in [-0.39, 0.29) is 5.91 Å². The van der Waals surface area contributed by atoms with E-state index < -0.39 is 0 Å². The number of amides is 1. The number of ether oxygens (including phenoxy) is 1. The van der Waals surface area contributed by atoms with Crippen LogP contribution in [0.3, 0.4) is 0 Å². The van der Waals surface area contributed by atoms with Crippen LogP contribution < -0.4 is 15.4 Å². The van der Waals surface area contributed by atoms with Gasteiger partial charge in [0.1, 0.15) is 23.1 Å². The first-order chi connectivity index (χ1) is 13.9. The van der Waals surface area contributed by atoms with E-state index >= 15 is 0 Å². The van der Waals surface area contributed by atoms with Gasteiger partial charge in [0.15, 0.2) is 0 Å². The molecule has 0 atom stereocenters. The van der Waals surface area contributed by atoms with Gasteiger partial charge in [0.05, 0.1) is 7.11 Å². The molecule has 6 nitrogen and oxygen atoms in total. The Hall–Kier alpha value is -3.41. The molecule has 3 rings (SSSR count). The number of hydrogen-bond donors (Lipinski definition) is 2. The summed E-state index contributed by atoms with van der Waals surface area (Å²) in [5.74, 6) is 1.74. The van der Waals surface area contributed by atoms with E-state index in [9.17, 15) is 4.79 Å². The lowest BCUT2D eigenvalue weighted by atomic mass is 10.1. The number of nitrogens with one attached hydrogen (secondary N) is 2. The molecular formula is C23H26N4O2. The highest BCUT2D eigenvalue weighted by atomic mass is 16.5. The van der Waals surface area contributed by atoms with Crippen LogP contribution >= 0.6 is 0 Å². The smallest absolute Gasteiger partial charge is 0.270 e. The van der Waals surface area contributed by atoms with Crippen molar-refractivity contribution >= 4 is 17.4 Å². The highest BCUT2D eigenvalue weighted by Gasteiger charge is 2.11. The normalized spacial score (nSPS) is 10.5. The zero-order chi connectivity index (χ0) is 20.8. The van der Waals surface area contributed by atoms with Gasteiger partial charge in [-0.05, 0) is 68.1 Å². The van der Waals surface area contributed by atoms with Crippen LogP contribution in [0.1, 0.15) is 33.0 Å². The number of carbonyl (C=O) groups is 1. The molecule has 0 bridgehead atoms. The quantitative estimate of drug-likeness (QED) is 0.634. The predicted molar refractivity (Wildman–Crippen MR) is 115 cm³/mol. The third-order valence-electron chi connectivity index (χ3n) is 4.42. The fourth-order valence-electron chi connectivity index (χ4n) is 3.15. The Kier molecular flexibility index (Phi) is 6.44. The molecule has 0 aliphatic heterocycles. The zero-order valence-electron chi connectivity index (χ0n) is 17.2. The van der Waals surface area contributed by atoms with E-state index in [4.69, 9.17) is 4.74 Å². The number of rotatable bonds is 7. The summed E-state index contributed by atoms with van der Waals surface area (Å²) in [6.45, 7) is 6.39. The maximum atomic E-state index is 12.6. The third kappa shape index (κ3) is 5.78. The Morgan fingerprint density at radius 2 is 1.66 bits per heavy atom. The summed E-state index contributed by atoms with van der Waals surface area (Å²) in [6.07, 6.45) is 0.730. The molecular weight excluding hydrogens is 364 g/mol. The number of hydrogen-bond acceptors (Lipinski definition) is 5. The van der Waals surface area contributed by atoms with Crippen LogP contribution in [0.5, 0.6) is 5.75 Å². The molecule has 2 N–H and O–H groups in total. The Labute approximate surface area is 171 Å². The molecule has 0 saturated heterocycles. The van der Waals surface area contributed by atoms with Crippen molar-refractivity contribution in [2.24, 2.45) is 0 Å². The maximum Gasteiger partial charge on any atom is 0.270 e. The van der Waals surface area contributed by atoms with Gasteiger partial charge in [-0.15, -0.1) is 0 Å². The molecule has 0 saturated carbocycles. The minimum absolute atomic E-state index is 0.215. The largest absolute Gasteiger partial charge is 0.497 e.